The van der Waals surface area contributed by atoms with Crippen molar-refractivity contribution in [3.8, 4) is 11.3 Å². The third kappa shape index (κ3) is 5.60. The highest BCUT2D eigenvalue weighted by molar-refractivity contribution is 5.76. The maximum absolute atomic E-state index is 12.2. The normalized spacial score (nSPS) is 10.8. The van der Waals surface area contributed by atoms with E-state index in [1.165, 1.54) is 5.56 Å². The number of hydrogen-bond donors (Lipinski definition) is 1. The zero-order chi connectivity index (χ0) is 22.3. The van der Waals surface area contributed by atoms with Crippen molar-refractivity contribution in [2.24, 2.45) is 0 Å². The Kier molecular flexibility index (Phi) is 6.60. The molecule has 162 valence electrons. The number of amides is 1. The van der Waals surface area contributed by atoms with Gasteiger partial charge in [0.1, 0.15) is 0 Å². The third-order valence-electron chi connectivity index (χ3n) is 5.22. The van der Waals surface area contributed by atoms with Crippen LogP contribution < -0.4 is 10.9 Å². The molecule has 2 aromatic heterocycles. The van der Waals surface area contributed by atoms with E-state index in [9.17, 15) is 9.59 Å². The van der Waals surface area contributed by atoms with Crippen molar-refractivity contribution < 1.29 is 9.21 Å². The van der Waals surface area contributed by atoms with E-state index in [0.29, 0.717) is 37.6 Å². The molecule has 0 bridgehead atoms. The molecule has 2 aromatic carbocycles. The number of carbonyl (C=O) groups excluding carboxylic acids is 1. The van der Waals surface area contributed by atoms with Crippen LogP contribution in [0.25, 0.3) is 11.3 Å². The van der Waals surface area contributed by atoms with Gasteiger partial charge in [-0.3, -0.25) is 9.59 Å². The Morgan fingerprint density at radius 1 is 1.00 bits per heavy atom. The van der Waals surface area contributed by atoms with E-state index in [1.54, 1.807) is 29.1 Å². The first-order valence-electron chi connectivity index (χ1n) is 10.6. The van der Waals surface area contributed by atoms with Crippen LogP contribution in [0.15, 0.2) is 88.3 Å². The van der Waals surface area contributed by atoms with Crippen molar-refractivity contribution in [1.29, 1.82) is 0 Å². The minimum atomic E-state index is -0.0556. The van der Waals surface area contributed by atoms with Gasteiger partial charge in [0.2, 0.25) is 5.91 Å². The van der Waals surface area contributed by atoms with Gasteiger partial charge in [0.25, 0.3) is 5.56 Å². The van der Waals surface area contributed by atoms with Crippen LogP contribution in [0.2, 0.25) is 0 Å². The number of rotatable bonds is 8. The third-order valence-corrected chi connectivity index (χ3v) is 5.22. The molecule has 0 spiro atoms. The monoisotopic (exact) mass is 427 g/mol. The second kappa shape index (κ2) is 9.92. The van der Waals surface area contributed by atoms with Gasteiger partial charge in [0, 0.05) is 37.2 Å². The second-order valence-corrected chi connectivity index (χ2v) is 7.74. The molecule has 6 nitrogen and oxygen atoms in total. The molecule has 1 N–H and O–H groups in total. The van der Waals surface area contributed by atoms with Gasteiger partial charge >= 0.3 is 0 Å². The predicted molar refractivity (Wildman–Crippen MR) is 123 cm³/mol. The van der Waals surface area contributed by atoms with Crippen molar-refractivity contribution in [2.75, 3.05) is 0 Å². The summed E-state index contributed by atoms with van der Waals surface area (Å²) in [6, 6.07) is 21.0. The Labute approximate surface area is 186 Å². The van der Waals surface area contributed by atoms with Crippen LogP contribution in [0.5, 0.6) is 0 Å². The summed E-state index contributed by atoms with van der Waals surface area (Å²) < 4.78 is 7.43. The van der Waals surface area contributed by atoms with Crippen LogP contribution in [0, 0.1) is 6.92 Å². The van der Waals surface area contributed by atoms with Crippen LogP contribution in [0.1, 0.15) is 29.0 Å². The van der Waals surface area contributed by atoms with E-state index in [1.807, 2.05) is 61.5 Å². The SMILES string of the molecule is Cc1ccc(-c2cnc(CCC(=O)NCc3ccc(Cn4ccccc4=O)cc3)o2)cc1. The lowest BCUT2D eigenvalue weighted by atomic mass is 10.1. The van der Waals surface area contributed by atoms with Gasteiger partial charge in [-0.1, -0.05) is 60.2 Å². The molecule has 0 radical (unpaired) electrons. The summed E-state index contributed by atoms with van der Waals surface area (Å²) in [4.78, 5) is 28.3. The fourth-order valence-corrected chi connectivity index (χ4v) is 3.34. The van der Waals surface area contributed by atoms with E-state index >= 15 is 0 Å². The van der Waals surface area contributed by atoms with E-state index in [2.05, 4.69) is 10.3 Å². The predicted octanol–water partition coefficient (Wildman–Crippen LogP) is 4.11. The summed E-state index contributed by atoms with van der Waals surface area (Å²) >= 11 is 0. The maximum atomic E-state index is 12.2. The summed E-state index contributed by atoms with van der Waals surface area (Å²) in [5, 5.41) is 2.93. The molecule has 0 saturated heterocycles. The molecule has 4 rings (SSSR count). The van der Waals surface area contributed by atoms with Crippen molar-refractivity contribution in [1.82, 2.24) is 14.9 Å². The average molecular weight is 428 g/mol. The van der Waals surface area contributed by atoms with Crippen LogP contribution in [0.3, 0.4) is 0 Å². The van der Waals surface area contributed by atoms with Gasteiger partial charge in [0.15, 0.2) is 11.7 Å². The van der Waals surface area contributed by atoms with Gasteiger partial charge in [0.05, 0.1) is 12.7 Å². The highest BCUT2D eigenvalue weighted by Crippen LogP contribution is 2.21. The highest BCUT2D eigenvalue weighted by atomic mass is 16.4. The number of oxazole rings is 1. The minimum absolute atomic E-state index is 0.0270. The van der Waals surface area contributed by atoms with Crippen molar-refractivity contribution in [2.45, 2.75) is 32.9 Å². The quantitative estimate of drug-likeness (QED) is 0.459. The number of aromatic nitrogens is 2. The lowest BCUT2D eigenvalue weighted by Gasteiger charge is -2.08. The number of pyridine rings is 1. The molecule has 0 aliphatic carbocycles. The first-order chi connectivity index (χ1) is 15.6. The molecule has 32 heavy (non-hydrogen) atoms. The molecule has 0 unspecified atom stereocenters. The minimum Gasteiger partial charge on any atom is -0.441 e. The molecule has 0 aliphatic heterocycles. The molecule has 0 saturated carbocycles. The largest absolute Gasteiger partial charge is 0.441 e. The fraction of sp³-hybridized carbons (Fsp3) is 0.192. The molecule has 0 atom stereocenters. The number of aryl methyl sites for hydroxylation is 2. The topological polar surface area (TPSA) is 77.1 Å². The summed E-state index contributed by atoms with van der Waals surface area (Å²) in [5.41, 5.74) is 4.16. The maximum Gasteiger partial charge on any atom is 0.250 e. The first kappa shape index (κ1) is 21.3. The van der Waals surface area contributed by atoms with Crippen LogP contribution in [0.4, 0.5) is 0 Å². The van der Waals surface area contributed by atoms with Crippen molar-refractivity contribution in [3.05, 3.63) is 112 Å². The second-order valence-electron chi connectivity index (χ2n) is 7.74. The van der Waals surface area contributed by atoms with Crippen molar-refractivity contribution >= 4 is 5.91 Å². The van der Waals surface area contributed by atoms with Crippen LogP contribution in [-0.2, 0) is 24.3 Å². The molecular formula is C26H25N3O3. The number of nitrogens with zero attached hydrogens (tertiary/aromatic N) is 2. The molecular weight excluding hydrogens is 402 g/mol. The summed E-state index contributed by atoms with van der Waals surface area (Å²) in [7, 11) is 0. The molecule has 2 heterocycles. The fourth-order valence-electron chi connectivity index (χ4n) is 3.34. The van der Waals surface area contributed by atoms with Crippen molar-refractivity contribution in [3.63, 3.8) is 0 Å². The van der Waals surface area contributed by atoms with Crippen LogP contribution in [-0.4, -0.2) is 15.5 Å². The van der Waals surface area contributed by atoms with E-state index in [4.69, 9.17) is 4.42 Å². The van der Waals surface area contributed by atoms with Gasteiger partial charge in [-0.15, -0.1) is 0 Å². The van der Waals surface area contributed by atoms with Gasteiger partial charge in [-0.2, -0.15) is 0 Å². The highest BCUT2D eigenvalue weighted by Gasteiger charge is 2.09. The molecule has 4 aromatic rings. The first-order valence-corrected chi connectivity index (χ1v) is 10.6. The Bertz CT molecular complexity index is 1240. The lowest BCUT2D eigenvalue weighted by Crippen LogP contribution is -2.23. The smallest absolute Gasteiger partial charge is 0.250 e. The van der Waals surface area contributed by atoms with Crippen LogP contribution >= 0.6 is 0 Å². The molecule has 0 aliphatic rings. The Morgan fingerprint density at radius 2 is 1.75 bits per heavy atom. The van der Waals surface area contributed by atoms with Gasteiger partial charge in [-0.25, -0.2) is 4.98 Å². The Balaban J connectivity index is 1.24. The molecule has 1 amide bonds. The number of nitrogens with one attached hydrogen (secondary N) is 1. The summed E-state index contributed by atoms with van der Waals surface area (Å²) in [5.74, 6) is 1.20. The number of hydrogen-bond acceptors (Lipinski definition) is 4. The Hall–Kier alpha value is -3.93. The molecule has 6 heteroatoms. The zero-order valence-electron chi connectivity index (χ0n) is 18.0. The zero-order valence-corrected chi connectivity index (χ0v) is 18.0. The average Bonchev–Trinajstić information content (AvgIpc) is 3.28. The van der Waals surface area contributed by atoms with E-state index < -0.39 is 0 Å². The molecule has 0 fully saturated rings. The standard InChI is InChI=1S/C26H25N3O3/c1-19-5-11-22(12-6-19)23-17-28-25(32-23)14-13-24(30)27-16-20-7-9-21(10-8-20)18-29-15-3-2-4-26(29)31/h2-12,15,17H,13-14,16,18H2,1H3,(H,27,30). The Morgan fingerprint density at radius 3 is 2.50 bits per heavy atom. The van der Waals surface area contributed by atoms with Gasteiger partial charge < -0.3 is 14.3 Å². The lowest BCUT2D eigenvalue weighted by molar-refractivity contribution is -0.121. The van der Waals surface area contributed by atoms with Gasteiger partial charge in [-0.05, 0) is 24.1 Å². The van der Waals surface area contributed by atoms with E-state index in [0.717, 1.165) is 16.7 Å². The number of carbonyl (C=O) groups is 1. The summed E-state index contributed by atoms with van der Waals surface area (Å²) in [6.45, 7) is 3.01. The summed E-state index contributed by atoms with van der Waals surface area (Å²) in [6.07, 6.45) is 4.22. The number of benzene rings is 2. The van der Waals surface area contributed by atoms with E-state index in [-0.39, 0.29) is 11.5 Å².